The first kappa shape index (κ1) is 18.0. The van der Waals surface area contributed by atoms with Gasteiger partial charge in [-0.1, -0.05) is 71.6 Å². The van der Waals surface area contributed by atoms with E-state index >= 15 is 0 Å². The van der Waals surface area contributed by atoms with Gasteiger partial charge in [0.1, 0.15) is 0 Å². The summed E-state index contributed by atoms with van der Waals surface area (Å²) in [5, 5.41) is 0. The van der Waals surface area contributed by atoms with Crippen LogP contribution in [0.25, 0.3) is 0 Å². The molecule has 0 bridgehead atoms. The normalized spacial score (nSPS) is 15.0. The number of nitrogens with zero attached hydrogens (tertiary/aromatic N) is 1. The van der Waals surface area contributed by atoms with Crippen molar-refractivity contribution in [3.8, 4) is 0 Å². The van der Waals surface area contributed by atoms with E-state index in [1.54, 1.807) is 0 Å². The lowest BCUT2D eigenvalue weighted by molar-refractivity contribution is 0.139. The summed E-state index contributed by atoms with van der Waals surface area (Å²) in [6.45, 7) is 7.04. The van der Waals surface area contributed by atoms with Gasteiger partial charge in [-0.05, 0) is 33.9 Å². The highest BCUT2D eigenvalue weighted by Gasteiger charge is 2.25. The molecule has 0 aliphatic carbocycles. The molecular formula is C17H37N. The highest BCUT2D eigenvalue weighted by molar-refractivity contribution is 4.82. The third kappa shape index (κ3) is 8.13. The van der Waals surface area contributed by atoms with Gasteiger partial charge in [-0.25, -0.2) is 0 Å². The quantitative estimate of drug-likeness (QED) is 0.408. The molecular weight excluding hydrogens is 218 g/mol. The second-order valence-corrected chi connectivity index (χ2v) is 6.37. The van der Waals surface area contributed by atoms with Crippen molar-refractivity contribution < 1.29 is 0 Å². The van der Waals surface area contributed by atoms with E-state index in [-0.39, 0.29) is 0 Å². The minimum Gasteiger partial charge on any atom is -0.304 e. The predicted octanol–water partition coefficient (Wildman–Crippen LogP) is 5.64. The number of hydrogen-bond acceptors (Lipinski definition) is 1. The third-order valence-corrected chi connectivity index (χ3v) is 4.47. The molecule has 0 aromatic rings. The summed E-state index contributed by atoms with van der Waals surface area (Å²) >= 11 is 0. The van der Waals surface area contributed by atoms with Crippen LogP contribution in [0.1, 0.15) is 91.4 Å². The maximum atomic E-state index is 2.46. The van der Waals surface area contributed by atoms with Gasteiger partial charge in [-0.3, -0.25) is 0 Å². The van der Waals surface area contributed by atoms with Gasteiger partial charge in [-0.15, -0.1) is 0 Å². The minimum atomic E-state index is 0.431. The second-order valence-electron chi connectivity index (χ2n) is 6.37. The lowest BCUT2D eigenvalue weighted by atomic mass is 9.87. The predicted molar refractivity (Wildman–Crippen MR) is 84.2 cm³/mol. The lowest BCUT2D eigenvalue weighted by Crippen LogP contribution is -2.41. The summed E-state index contributed by atoms with van der Waals surface area (Å²) in [5.41, 5.74) is 0.431. The van der Waals surface area contributed by atoms with E-state index in [1.165, 1.54) is 70.6 Å². The van der Waals surface area contributed by atoms with Crippen LogP contribution in [0.3, 0.4) is 0 Å². The van der Waals surface area contributed by atoms with Gasteiger partial charge in [-0.2, -0.15) is 0 Å². The van der Waals surface area contributed by atoms with Crippen molar-refractivity contribution >= 4 is 0 Å². The number of rotatable bonds is 12. The Balaban J connectivity index is 3.86. The van der Waals surface area contributed by atoms with E-state index in [2.05, 4.69) is 39.8 Å². The monoisotopic (exact) mass is 255 g/mol. The second kappa shape index (κ2) is 10.8. The van der Waals surface area contributed by atoms with Crippen LogP contribution in [0.4, 0.5) is 0 Å². The SMILES string of the molecule is CCCCCCCC(C)(CCCCCC)N(C)C. The fraction of sp³-hybridized carbons (Fsp3) is 1.00. The van der Waals surface area contributed by atoms with Crippen molar-refractivity contribution in [2.75, 3.05) is 14.1 Å². The van der Waals surface area contributed by atoms with Crippen molar-refractivity contribution in [3.05, 3.63) is 0 Å². The molecule has 1 unspecified atom stereocenters. The zero-order chi connectivity index (χ0) is 13.9. The Labute approximate surface area is 116 Å². The van der Waals surface area contributed by atoms with E-state index in [0.717, 1.165) is 0 Å². The smallest absolute Gasteiger partial charge is 0.0175 e. The first-order valence-corrected chi connectivity index (χ1v) is 8.24. The molecule has 0 spiro atoms. The van der Waals surface area contributed by atoms with E-state index in [9.17, 15) is 0 Å². The van der Waals surface area contributed by atoms with E-state index < -0.39 is 0 Å². The summed E-state index contributed by atoms with van der Waals surface area (Å²) in [6, 6.07) is 0. The van der Waals surface area contributed by atoms with Crippen molar-refractivity contribution in [2.45, 2.75) is 96.9 Å². The Morgan fingerprint density at radius 1 is 0.667 bits per heavy atom. The summed E-state index contributed by atoms with van der Waals surface area (Å²) in [4.78, 5) is 2.46. The zero-order valence-corrected chi connectivity index (χ0v) is 13.7. The molecule has 0 saturated carbocycles. The molecule has 0 rings (SSSR count). The molecule has 0 aliphatic heterocycles. The van der Waals surface area contributed by atoms with Crippen LogP contribution in [-0.2, 0) is 0 Å². The Kier molecular flexibility index (Phi) is 10.8. The molecule has 0 aliphatic rings. The van der Waals surface area contributed by atoms with Crippen molar-refractivity contribution in [3.63, 3.8) is 0 Å². The van der Waals surface area contributed by atoms with Crippen LogP contribution in [0.5, 0.6) is 0 Å². The van der Waals surface area contributed by atoms with Gasteiger partial charge < -0.3 is 4.90 Å². The van der Waals surface area contributed by atoms with Gasteiger partial charge in [0, 0.05) is 5.54 Å². The fourth-order valence-corrected chi connectivity index (χ4v) is 2.61. The van der Waals surface area contributed by atoms with Gasteiger partial charge >= 0.3 is 0 Å². The van der Waals surface area contributed by atoms with Crippen LogP contribution in [-0.4, -0.2) is 24.5 Å². The molecule has 1 atom stereocenters. The fourth-order valence-electron chi connectivity index (χ4n) is 2.61. The van der Waals surface area contributed by atoms with Gasteiger partial charge in [0.25, 0.3) is 0 Å². The molecule has 110 valence electrons. The minimum absolute atomic E-state index is 0.431. The third-order valence-electron chi connectivity index (χ3n) is 4.47. The molecule has 0 heterocycles. The summed E-state index contributed by atoms with van der Waals surface area (Å²) in [5.74, 6) is 0. The molecule has 0 saturated heterocycles. The zero-order valence-electron chi connectivity index (χ0n) is 13.7. The van der Waals surface area contributed by atoms with Crippen LogP contribution < -0.4 is 0 Å². The van der Waals surface area contributed by atoms with Crippen molar-refractivity contribution in [1.29, 1.82) is 0 Å². The summed E-state index contributed by atoms with van der Waals surface area (Å²) in [6.07, 6.45) is 15.3. The number of unbranched alkanes of at least 4 members (excludes halogenated alkanes) is 7. The Hall–Kier alpha value is -0.0400. The first-order valence-electron chi connectivity index (χ1n) is 8.24. The molecule has 0 fully saturated rings. The molecule has 0 aromatic heterocycles. The molecule has 1 nitrogen and oxygen atoms in total. The Morgan fingerprint density at radius 3 is 1.44 bits per heavy atom. The topological polar surface area (TPSA) is 3.24 Å². The van der Waals surface area contributed by atoms with Crippen molar-refractivity contribution in [1.82, 2.24) is 4.90 Å². The first-order chi connectivity index (χ1) is 8.56. The highest BCUT2D eigenvalue weighted by Crippen LogP contribution is 2.27. The molecule has 0 N–H and O–H groups in total. The lowest BCUT2D eigenvalue weighted by Gasteiger charge is -2.37. The van der Waals surface area contributed by atoms with Gasteiger partial charge in [0.15, 0.2) is 0 Å². The summed E-state index contributed by atoms with van der Waals surface area (Å²) in [7, 11) is 4.51. The molecule has 0 aromatic carbocycles. The van der Waals surface area contributed by atoms with E-state index in [4.69, 9.17) is 0 Å². The standard InChI is InChI=1S/C17H37N/c1-6-8-10-12-14-16-17(3,18(4)5)15-13-11-9-7-2/h6-16H2,1-5H3. The van der Waals surface area contributed by atoms with Gasteiger partial charge in [0.2, 0.25) is 0 Å². The molecule has 18 heavy (non-hydrogen) atoms. The van der Waals surface area contributed by atoms with E-state index in [1.807, 2.05) is 0 Å². The largest absolute Gasteiger partial charge is 0.304 e. The molecule has 0 radical (unpaired) electrons. The number of hydrogen-bond donors (Lipinski definition) is 0. The Morgan fingerprint density at radius 2 is 1.06 bits per heavy atom. The highest BCUT2D eigenvalue weighted by atomic mass is 15.1. The maximum absolute atomic E-state index is 2.46. The summed E-state index contributed by atoms with van der Waals surface area (Å²) < 4.78 is 0. The van der Waals surface area contributed by atoms with Crippen molar-refractivity contribution in [2.24, 2.45) is 0 Å². The molecule has 1 heteroatoms. The van der Waals surface area contributed by atoms with E-state index in [0.29, 0.717) is 5.54 Å². The average molecular weight is 255 g/mol. The van der Waals surface area contributed by atoms with Crippen LogP contribution in [0.15, 0.2) is 0 Å². The van der Waals surface area contributed by atoms with Crippen LogP contribution in [0, 0.1) is 0 Å². The van der Waals surface area contributed by atoms with Crippen LogP contribution >= 0.6 is 0 Å². The Bertz CT molecular complexity index is 176. The van der Waals surface area contributed by atoms with Gasteiger partial charge in [0.05, 0.1) is 0 Å². The maximum Gasteiger partial charge on any atom is 0.0175 e. The molecule has 0 amide bonds. The average Bonchev–Trinajstić information content (AvgIpc) is 2.34. The van der Waals surface area contributed by atoms with Crippen LogP contribution in [0.2, 0.25) is 0 Å².